The van der Waals surface area contributed by atoms with Crippen LogP contribution < -0.4 is 26.8 Å². The molecule has 1 atom stereocenters. The zero-order chi connectivity index (χ0) is 19.1. The summed E-state index contributed by atoms with van der Waals surface area (Å²) in [5, 5.41) is 8.85. The Balaban J connectivity index is 1.64. The van der Waals surface area contributed by atoms with Crippen LogP contribution in [0.4, 0.5) is 17.1 Å². The van der Waals surface area contributed by atoms with Gasteiger partial charge in [0.1, 0.15) is 22.9 Å². The van der Waals surface area contributed by atoms with Crippen molar-refractivity contribution in [3.05, 3.63) is 73.4 Å². The summed E-state index contributed by atoms with van der Waals surface area (Å²) in [5.74, 6) is 1.28. The van der Waals surface area contributed by atoms with Gasteiger partial charge < -0.3 is 20.4 Å². The summed E-state index contributed by atoms with van der Waals surface area (Å²) >= 11 is 0. The van der Waals surface area contributed by atoms with E-state index in [1.165, 1.54) is 0 Å². The second-order valence-electron chi connectivity index (χ2n) is 6.61. The number of furan rings is 1. The molecule has 0 saturated carbocycles. The van der Waals surface area contributed by atoms with E-state index >= 15 is 0 Å². The fourth-order valence-electron chi connectivity index (χ4n) is 3.36. The summed E-state index contributed by atoms with van der Waals surface area (Å²) in [6.45, 7) is 4.26. The van der Waals surface area contributed by atoms with Crippen LogP contribution in [0.2, 0.25) is 0 Å². The molecule has 138 valence electrons. The third-order valence-corrected chi connectivity index (χ3v) is 4.82. The third-order valence-electron chi connectivity index (χ3n) is 4.82. The van der Waals surface area contributed by atoms with E-state index in [1.807, 2.05) is 32.0 Å². The molecule has 1 aromatic heterocycles. The number of carbonyl (C=O) groups is 1. The maximum atomic E-state index is 12.1. The van der Waals surface area contributed by atoms with E-state index in [-0.39, 0.29) is 23.3 Å². The van der Waals surface area contributed by atoms with Crippen LogP contribution in [0.25, 0.3) is 0 Å². The molecule has 2 aromatic carbocycles. The second kappa shape index (κ2) is 6.42. The zero-order valence-corrected chi connectivity index (χ0v) is 15.0. The first kappa shape index (κ1) is 17.1. The molecule has 1 aliphatic rings. The van der Waals surface area contributed by atoms with Crippen molar-refractivity contribution in [3.63, 3.8) is 0 Å². The minimum Gasteiger partial charge on any atom is -0.464 e. The number of anilines is 3. The Morgan fingerprint density at radius 3 is 2.59 bits per heavy atom. The van der Waals surface area contributed by atoms with Gasteiger partial charge in [0.05, 0.1) is 17.3 Å². The smallest absolute Gasteiger partial charge is 0.254 e. The zero-order valence-electron chi connectivity index (χ0n) is 15.0. The minimum atomic E-state index is -0.598. The van der Waals surface area contributed by atoms with Crippen LogP contribution in [0, 0.1) is 6.92 Å². The molecular weight excluding hydrogens is 346 g/mol. The maximum Gasteiger partial charge on any atom is 0.254 e. The number of hydrogen-bond donors (Lipinski definition) is 3. The van der Waals surface area contributed by atoms with Gasteiger partial charge >= 0.3 is 0 Å². The van der Waals surface area contributed by atoms with Gasteiger partial charge in [-0.2, -0.15) is 0 Å². The highest BCUT2D eigenvalue weighted by atomic mass is 16.3. The summed E-state index contributed by atoms with van der Waals surface area (Å²) in [6.07, 6.45) is 0.675. The average molecular weight is 365 g/mol. The van der Waals surface area contributed by atoms with Crippen LogP contribution >= 0.6 is 0 Å². The molecule has 4 rings (SSSR count). The number of rotatable bonds is 6. The highest BCUT2D eigenvalue weighted by molar-refractivity contribution is 6.04. The van der Waals surface area contributed by atoms with Crippen molar-refractivity contribution in [1.82, 2.24) is 5.32 Å². The van der Waals surface area contributed by atoms with Crippen LogP contribution in [-0.4, -0.2) is 5.91 Å². The fraction of sp³-hybridized carbons (Fsp3) is 0.250. The Morgan fingerprint density at radius 1 is 1.11 bits per heavy atom. The van der Waals surface area contributed by atoms with Crippen molar-refractivity contribution in [2.75, 3.05) is 10.6 Å². The molecule has 1 aliphatic heterocycles. The Morgan fingerprint density at radius 2 is 1.89 bits per heavy atom. The van der Waals surface area contributed by atoms with E-state index in [0.29, 0.717) is 30.0 Å². The Bertz CT molecular complexity index is 1110. The van der Waals surface area contributed by atoms with Crippen LogP contribution in [0.1, 0.15) is 46.8 Å². The predicted octanol–water partition coefficient (Wildman–Crippen LogP) is 2.73. The first-order valence-corrected chi connectivity index (χ1v) is 8.83. The molecule has 0 fully saturated rings. The lowest BCUT2D eigenvalue weighted by Crippen LogP contribution is -2.37. The Hall–Kier alpha value is -3.35. The second-order valence-corrected chi connectivity index (χ2v) is 6.61. The summed E-state index contributed by atoms with van der Waals surface area (Å²) in [4.78, 5) is 36.3. The molecule has 0 aliphatic carbocycles. The van der Waals surface area contributed by atoms with E-state index in [4.69, 9.17) is 4.42 Å². The van der Waals surface area contributed by atoms with Gasteiger partial charge in [-0.15, -0.1) is 0 Å². The summed E-state index contributed by atoms with van der Waals surface area (Å²) in [6, 6.07) is 8.85. The number of hydrogen-bond acceptors (Lipinski definition) is 6. The summed E-state index contributed by atoms with van der Waals surface area (Å²) in [5.41, 5.74) is 1.10. The lowest BCUT2D eigenvalue weighted by molar-refractivity contribution is 0.0966. The van der Waals surface area contributed by atoms with Crippen molar-refractivity contribution >= 4 is 23.0 Å². The van der Waals surface area contributed by atoms with Crippen molar-refractivity contribution in [1.29, 1.82) is 0 Å². The molecule has 1 amide bonds. The quantitative estimate of drug-likeness (QED) is 0.581. The Labute approximate surface area is 155 Å². The van der Waals surface area contributed by atoms with Crippen LogP contribution in [0.15, 0.2) is 44.3 Å². The van der Waals surface area contributed by atoms with Crippen molar-refractivity contribution in [2.24, 2.45) is 0 Å². The molecular formula is C20H19N3O4. The van der Waals surface area contributed by atoms with Crippen LogP contribution in [0.5, 0.6) is 0 Å². The van der Waals surface area contributed by atoms with Gasteiger partial charge in [-0.3, -0.25) is 14.4 Å². The first-order valence-electron chi connectivity index (χ1n) is 8.83. The van der Waals surface area contributed by atoms with Crippen LogP contribution in [-0.2, 0) is 6.54 Å². The molecule has 0 bridgehead atoms. The lowest BCUT2D eigenvalue weighted by atomic mass is 10.1. The number of amides is 1. The average Bonchev–Trinajstić information content (AvgIpc) is 3.27. The molecule has 0 spiro atoms. The largest absolute Gasteiger partial charge is 0.464 e. The van der Waals surface area contributed by atoms with Crippen molar-refractivity contribution in [3.8, 4) is 0 Å². The van der Waals surface area contributed by atoms with E-state index in [2.05, 4.69) is 16.0 Å². The molecule has 7 nitrogen and oxygen atoms in total. The number of fused-ring (bicyclic) bond motifs is 1. The van der Waals surface area contributed by atoms with Crippen molar-refractivity contribution < 1.29 is 9.21 Å². The fourth-order valence-corrected chi connectivity index (χ4v) is 3.36. The SMILES string of the molecule is CC[C@@H](Nc1c(Nc2cccc3c2C(=O)NC3)c(=O)c1=O)c1ccc(C)o1. The molecule has 0 radical (unpaired) electrons. The number of carbonyl (C=O) groups excluding carboxylic acids is 1. The summed E-state index contributed by atoms with van der Waals surface area (Å²) in [7, 11) is 0. The molecule has 0 unspecified atom stereocenters. The summed E-state index contributed by atoms with van der Waals surface area (Å²) < 4.78 is 5.64. The van der Waals surface area contributed by atoms with Gasteiger partial charge in [-0.1, -0.05) is 19.1 Å². The highest BCUT2D eigenvalue weighted by Crippen LogP contribution is 2.31. The van der Waals surface area contributed by atoms with Gasteiger partial charge in [0, 0.05) is 6.54 Å². The van der Waals surface area contributed by atoms with Gasteiger partial charge in [-0.25, -0.2) is 0 Å². The molecule has 27 heavy (non-hydrogen) atoms. The molecule has 7 heteroatoms. The molecule has 2 heterocycles. The highest BCUT2D eigenvalue weighted by Gasteiger charge is 2.28. The topological polar surface area (TPSA) is 100 Å². The number of benzene rings is 1. The molecule has 3 aromatic rings. The van der Waals surface area contributed by atoms with Crippen LogP contribution in [0.3, 0.4) is 0 Å². The standard InChI is InChI=1S/C20H19N3O4/c1-3-12(14-8-7-10(2)27-14)22-16-17(19(25)18(16)24)23-13-6-4-5-11-9-21-20(26)15(11)13/h4-8,12,22-23H,3,9H2,1-2H3,(H,21,26)/t12-/m1/s1. The lowest BCUT2D eigenvalue weighted by Gasteiger charge is -2.20. The third kappa shape index (κ3) is 2.81. The molecule has 3 N–H and O–H groups in total. The molecule has 0 saturated heterocycles. The first-order chi connectivity index (χ1) is 13.0. The van der Waals surface area contributed by atoms with E-state index in [1.54, 1.807) is 12.1 Å². The number of nitrogens with one attached hydrogen (secondary N) is 3. The minimum absolute atomic E-state index is 0.176. The monoisotopic (exact) mass is 365 g/mol. The predicted molar refractivity (Wildman–Crippen MR) is 102 cm³/mol. The van der Waals surface area contributed by atoms with Gasteiger partial charge in [-0.05, 0) is 37.1 Å². The normalized spacial score (nSPS) is 14.1. The van der Waals surface area contributed by atoms with Gasteiger partial charge in [0.15, 0.2) is 0 Å². The van der Waals surface area contributed by atoms with E-state index in [9.17, 15) is 14.4 Å². The van der Waals surface area contributed by atoms with E-state index < -0.39 is 10.9 Å². The Kier molecular flexibility index (Phi) is 4.07. The van der Waals surface area contributed by atoms with Crippen molar-refractivity contribution in [2.45, 2.75) is 32.9 Å². The maximum absolute atomic E-state index is 12.1. The van der Waals surface area contributed by atoms with E-state index in [0.717, 1.165) is 11.3 Å². The van der Waals surface area contributed by atoms with Gasteiger partial charge in [0.25, 0.3) is 16.8 Å². The number of aryl methyl sites for hydroxylation is 1. The van der Waals surface area contributed by atoms with Gasteiger partial charge in [0.2, 0.25) is 0 Å².